The molecule has 0 spiro atoms. The molecule has 31 heavy (non-hydrogen) atoms. The molecule has 3 heteroatoms. The van der Waals surface area contributed by atoms with E-state index in [4.69, 9.17) is 13.9 Å². The van der Waals surface area contributed by atoms with Gasteiger partial charge in [0.25, 0.3) is 0 Å². The second kappa shape index (κ2) is 10.4. The summed E-state index contributed by atoms with van der Waals surface area (Å²) in [6.45, 7) is 12.8. The van der Waals surface area contributed by atoms with E-state index in [2.05, 4.69) is 34.6 Å². The van der Waals surface area contributed by atoms with Crippen LogP contribution in [-0.4, -0.2) is 13.2 Å². The largest absolute Gasteiger partial charge is 0.381 e. The van der Waals surface area contributed by atoms with Crippen molar-refractivity contribution in [3.8, 4) is 0 Å². The average molecular weight is 441 g/mol. The van der Waals surface area contributed by atoms with Crippen molar-refractivity contribution >= 4 is 0 Å². The van der Waals surface area contributed by atoms with Gasteiger partial charge in [-0.25, -0.2) is 0 Å². The molecule has 0 heterocycles. The molecule has 1 nitrogen and oxygen atoms in total. The van der Waals surface area contributed by atoms with Crippen LogP contribution >= 0.6 is 0 Å². The van der Waals surface area contributed by atoms with E-state index >= 15 is 0 Å². The topological polar surface area (TPSA) is 9.23 Å². The van der Waals surface area contributed by atoms with Crippen LogP contribution in [0, 0.1) is 52.3 Å². The molecular formula is C28H50F2O. The molecule has 0 aliphatic heterocycles. The van der Waals surface area contributed by atoms with E-state index < -0.39 is 0 Å². The first kappa shape index (κ1) is 25.4. The van der Waals surface area contributed by atoms with Gasteiger partial charge in [0.15, 0.2) is 0 Å². The standard InChI is InChI=1S/C28H50O.F2/c1-19(2)8-7-9-20(3)24-12-13-25-23-11-10-21-18-22(29-6)14-16-27(21,4)26(23)15-17-28(24,25)5;1-2/h19-26H,7-18H2,1-6H3;/t20-,21+,22?,23?,24?,25?,26?,27?,28?;/m1./s1. The SMILES string of the molecule is COC1CCC2(C)C3CCC4(C)C(CCC4[C@H](C)CCCC(C)C)C3CC[C@H]2C1.FF. The number of halogens is 2. The summed E-state index contributed by atoms with van der Waals surface area (Å²) in [7, 11) is 1.94. The molecule has 4 aliphatic rings. The molecule has 0 aromatic heterocycles. The number of hydrogen-bond acceptors (Lipinski definition) is 1. The zero-order valence-corrected chi connectivity index (χ0v) is 21.3. The molecule has 4 fully saturated rings. The van der Waals surface area contributed by atoms with Gasteiger partial charge in [-0.05, 0) is 110 Å². The van der Waals surface area contributed by atoms with E-state index in [-0.39, 0.29) is 0 Å². The van der Waals surface area contributed by atoms with Crippen molar-refractivity contribution in [1.29, 1.82) is 0 Å². The van der Waals surface area contributed by atoms with E-state index in [1.165, 1.54) is 77.0 Å². The Kier molecular flexibility index (Phi) is 8.53. The summed E-state index contributed by atoms with van der Waals surface area (Å²) in [6, 6.07) is 0. The quantitative estimate of drug-likeness (QED) is 0.400. The van der Waals surface area contributed by atoms with E-state index in [0.29, 0.717) is 16.9 Å². The first-order valence-corrected chi connectivity index (χ1v) is 13.5. The number of ether oxygens (including phenoxy) is 1. The average Bonchev–Trinajstić information content (AvgIpc) is 3.11. The molecule has 4 saturated carbocycles. The molecule has 0 aromatic rings. The van der Waals surface area contributed by atoms with Gasteiger partial charge in [0.2, 0.25) is 0 Å². The van der Waals surface area contributed by atoms with Crippen LogP contribution in [0.25, 0.3) is 0 Å². The molecule has 0 bridgehead atoms. The highest BCUT2D eigenvalue weighted by Gasteiger charge is 2.60. The van der Waals surface area contributed by atoms with Crippen molar-refractivity contribution in [2.24, 2.45) is 52.3 Å². The van der Waals surface area contributed by atoms with Crippen LogP contribution in [0.1, 0.15) is 112 Å². The third-order valence-electron chi connectivity index (χ3n) is 11.2. The Morgan fingerprint density at radius 3 is 2.19 bits per heavy atom. The lowest BCUT2D eigenvalue weighted by molar-refractivity contribution is -0.133. The lowest BCUT2D eigenvalue weighted by Gasteiger charge is -2.61. The van der Waals surface area contributed by atoms with Crippen LogP contribution in [-0.2, 0) is 4.74 Å². The molecule has 0 N–H and O–H groups in total. The lowest BCUT2D eigenvalue weighted by atomic mass is 9.44. The van der Waals surface area contributed by atoms with Gasteiger partial charge in [-0.15, -0.1) is 0 Å². The number of fused-ring (bicyclic) bond motifs is 5. The minimum atomic E-state index is 0.543. The molecule has 0 radical (unpaired) electrons. The molecule has 182 valence electrons. The number of rotatable bonds is 6. The third-order valence-corrected chi connectivity index (χ3v) is 11.2. The Hall–Kier alpha value is -0.180. The fourth-order valence-electron chi connectivity index (χ4n) is 9.46. The van der Waals surface area contributed by atoms with Crippen molar-refractivity contribution in [2.75, 3.05) is 7.11 Å². The van der Waals surface area contributed by atoms with Gasteiger partial charge in [0.05, 0.1) is 6.10 Å². The highest BCUT2D eigenvalue weighted by molar-refractivity contribution is 5.09. The Labute approximate surface area is 191 Å². The highest BCUT2D eigenvalue weighted by Crippen LogP contribution is 2.68. The molecule has 0 amide bonds. The number of hydrogen-bond donors (Lipinski definition) is 0. The Morgan fingerprint density at radius 2 is 1.52 bits per heavy atom. The minimum Gasteiger partial charge on any atom is -0.381 e. The molecular weight excluding hydrogens is 390 g/mol. The van der Waals surface area contributed by atoms with E-state index in [1.54, 1.807) is 0 Å². The van der Waals surface area contributed by atoms with Gasteiger partial charge in [-0.3, -0.25) is 0 Å². The molecule has 4 rings (SSSR count). The van der Waals surface area contributed by atoms with E-state index in [9.17, 15) is 0 Å². The fraction of sp³-hybridized carbons (Fsp3) is 1.00. The van der Waals surface area contributed by atoms with Crippen LogP contribution in [0.3, 0.4) is 0 Å². The molecule has 0 saturated heterocycles. The second-order valence-electron chi connectivity index (χ2n) is 12.8. The van der Waals surface area contributed by atoms with Gasteiger partial charge in [-0.2, -0.15) is 0 Å². The monoisotopic (exact) mass is 440 g/mol. The maximum Gasteiger partial charge on any atom is 0.0574 e. The molecule has 9 atom stereocenters. The van der Waals surface area contributed by atoms with Gasteiger partial charge < -0.3 is 4.74 Å². The van der Waals surface area contributed by atoms with Gasteiger partial charge in [0, 0.05) is 16.3 Å². The van der Waals surface area contributed by atoms with Crippen molar-refractivity contribution < 1.29 is 13.9 Å². The second-order valence-corrected chi connectivity index (χ2v) is 12.8. The third kappa shape index (κ3) is 4.73. The first-order chi connectivity index (χ1) is 14.8. The van der Waals surface area contributed by atoms with E-state index in [1.807, 2.05) is 7.11 Å². The van der Waals surface area contributed by atoms with Crippen LogP contribution in [0.2, 0.25) is 0 Å². The summed E-state index contributed by atoms with van der Waals surface area (Å²) >= 11 is 0. The summed E-state index contributed by atoms with van der Waals surface area (Å²) in [5, 5.41) is 0. The highest BCUT2D eigenvalue weighted by atomic mass is 20.0. The van der Waals surface area contributed by atoms with Crippen LogP contribution in [0.15, 0.2) is 0 Å². The fourth-order valence-corrected chi connectivity index (χ4v) is 9.46. The van der Waals surface area contributed by atoms with Crippen LogP contribution in [0.4, 0.5) is 9.15 Å². The van der Waals surface area contributed by atoms with Gasteiger partial charge >= 0.3 is 0 Å². The Balaban J connectivity index is 0.00000132. The summed E-state index contributed by atoms with van der Waals surface area (Å²) in [6.07, 6.45) is 18.1. The van der Waals surface area contributed by atoms with Crippen molar-refractivity contribution in [1.82, 2.24) is 0 Å². The molecule has 4 aliphatic carbocycles. The predicted molar refractivity (Wildman–Crippen MR) is 126 cm³/mol. The van der Waals surface area contributed by atoms with Crippen molar-refractivity contribution in [2.45, 2.75) is 118 Å². The summed E-state index contributed by atoms with van der Waals surface area (Å²) < 4.78 is 21.8. The lowest BCUT2D eigenvalue weighted by Crippen LogP contribution is -2.54. The first-order valence-electron chi connectivity index (χ1n) is 13.5. The summed E-state index contributed by atoms with van der Waals surface area (Å²) in [5.74, 6) is 6.79. The summed E-state index contributed by atoms with van der Waals surface area (Å²) in [4.78, 5) is 0. The normalized spacial score (nSPS) is 45.2. The number of methoxy groups -OCH3 is 1. The van der Waals surface area contributed by atoms with Gasteiger partial charge in [0.1, 0.15) is 0 Å². The van der Waals surface area contributed by atoms with Crippen LogP contribution < -0.4 is 0 Å². The molecule has 0 aromatic carbocycles. The van der Waals surface area contributed by atoms with Gasteiger partial charge in [-0.1, -0.05) is 53.9 Å². The zero-order chi connectivity index (χ0) is 22.8. The Bertz CT molecular complexity index is 565. The maximum atomic E-state index is 8.00. The minimum absolute atomic E-state index is 0.543. The summed E-state index contributed by atoms with van der Waals surface area (Å²) in [5.41, 5.74) is 1.26. The molecule has 7 unspecified atom stereocenters. The zero-order valence-electron chi connectivity index (χ0n) is 21.3. The van der Waals surface area contributed by atoms with E-state index in [0.717, 1.165) is 41.4 Å². The van der Waals surface area contributed by atoms with Crippen molar-refractivity contribution in [3.05, 3.63) is 0 Å². The maximum absolute atomic E-state index is 8.00. The predicted octanol–water partition coefficient (Wildman–Crippen LogP) is 8.96. The van der Waals surface area contributed by atoms with Crippen LogP contribution in [0.5, 0.6) is 0 Å². The smallest absolute Gasteiger partial charge is 0.0574 e. The Morgan fingerprint density at radius 1 is 0.839 bits per heavy atom. The van der Waals surface area contributed by atoms with Crippen molar-refractivity contribution in [3.63, 3.8) is 0 Å².